The van der Waals surface area contributed by atoms with Gasteiger partial charge in [-0.1, -0.05) is 12.8 Å². The van der Waals surface area contributed by atoms with Gasteiger partial charge in [0.25, 0.3) is 0 Å². The minimum Gasteiger partial charge on any atom is -0.354 e. The predicted octanol–water partition coefficient (Wildman–Crippen LogP) is 3.57. The van der Waals surface area contributed by atoms with Crippen molar-refractivity contribution in [1.82, 2.24) is 9.55 Å². The van der Waals surface area contributed by atoms with Crippen molar-refractivity contribution in [2.75, 3.05) is 29.1 Å². The van der Waals surface area contributed by atoms with E-state index < -0.39 is 0 Å². The van der Waals surface area contributed by atoms with Gasteiger partial charge in [-0.25, -0.2) is 4.98 Å². The van der Waals surface area contributed by atoms with Gasteiger partial charge in [-0.3, -0.25) is 0 Å². The lowest BCUT2D eigenvalue weighted by Crippen LogP contribution is -2.24. The molecule has 1 saturated heterocycles. The number of aromatic nitrogens is 2. The summed E-state index contributed by atoms with van der Waals surface area (Å²) in [6.07, 6.45) is 7.60. The minimum absolute atomic E-state index is 0.678. The van der Waals surface area contributed by atoms with Crippen LogP contribution < -0.4 is 5.32 Å². The molecular weight excluding hydrogens is 274 g/mol. The highest BCUT2D eigenvalue weighted by Crippen LogP contribution is 2.32. The molecule has 0 amide bonds. The number of thioether (sulfide) groups is 2. The topological polar surface area (TPSA) is 29.9 Å². The van der Waals surface area contributed by atoms with Crippen molar-refractivity contribution in [3.05, 3.63) is 11.9 Å². The lowest BCUT2D eigenvalue weighted by atomic mass is 10.2. The van der Waals surface area contributed by atoms with Crippen LogP contribution in [0.4, 0.5) is 5.95 Å². The normalized spacial score (nSPS) is 24.8. The van der Waals surface area contributed by atoms with E-state index in [2.05, 4.69) is 51.5 Å². The van der Waals surface area contributed by atoms with Crippen LogP contribution in [-0.4, -0.2) is 38.6 Å². The third-order valence-corrected chi connectivity index (χ3v) is 6.79. The SMILES string of the molecule is Cc1cn(C2CCCC2)c(NCC2CSCCS2)n1. The van der Waals surface area contributed by atoms with Crippen molar-refractivity contribution in [1.29, 1.82) is 0 Å². The van der Waals surface area contributed by atoms with E-state index >= 15 is 0 Å². The van der Waals surface area contributed by atoms with Crippen molar-refractivity contribution in [2.45, 2.75) is 43.9 Å². The first-order valence-corrected chi connectivity index (χ1v) is 9.52. The maximum absolute atomic E-state index is 4.68. The summed E-state index contributed by atoms with van der Waals surface area (Å²) in [4.78, 5) is 4.68. The fourth-order valence-corrected chi connectivity index (χ4v) is 5.58. The second-order valence-corrected chi connectivity index (χ2v) is 8.06. The molecule has 0 aromatic carbocycles. The third kappa shape index (κ3) is 3.43. The molecule has 2 heterocycles. The van der Waals surface area contributed by atoms with Gasteiger partial charge in [0.15, 0.2) is 0 Å². The Balaban J connectivity index is 1.62. The maximum Gasteiger partial charge on any atom is 0.203 e. The van der Waals surface area contributed by atoms with Crippen LogP contribution >= 0.6 is 23.5 Å². The van der Waals surface area contributed by atoms with Crippen LogP contribution in [0.15, 0.2) is 6.20 Å². The maximum atomic E-state index is 4.68. The summed E-state index contributed by atoms with van der Waals surface area (Å²) in [5.74, 6) is 4.99. The zero-order chi connectivity index (χ0) is 13.1. The molecule has 1 aromatic heterocycles. The molecule has 3 nitrogen and oxygen atoms in total. The van der Waals surface area contributed by atoms with Gasteiger partial charge < -0.3 is 9.88 Å². The van der Waals surface area contributed by atoms with E-state index in [9.17, 15) is 0 Å². The lowest BCUT2D eigenvalue weighted by molar-refractivity contribution is 0.522. The molecule has 19 heavy (non-hydrogen) atoms. The average Bonchev–Trinajstić information content (AvgIpc) is 3.06. The monoisotopic (exact) mass is 297 g/mol. The first-order valence-electron chi connectivity index (χ1n) is 7.31. The van der Waals surface area contributed by atoms with Crippen LogP contribution in [0.2, 0.25) is 0 Å². The van der Waals surface area contributed by atoms with Crippen molar-refractivity contribution < 1.29 is 0 Å². The highest BCUT2D eigenvalue weighted by molar-refractivity contribution is 8.06. The number of imidazole rings is 1. The second kappa shape index (κ2) is 6.44. The molecule has 1 aromatic rings. The Morgan fingerprint density at radius 1 is 1.37 bits per heavy atom. The van der Waals surface area contributed by atoms with Gasteiger partial charge in [0.1, 0.15) is 0 Å². The molecule has 2 fully saturated rings. The van der Waals surface area contributed by atoms with Crippen molar-refractivity contribution in [3.63, 3.8) is 0 Å². The van der Waals surface area contributed by atoms with E-state index in [1.807, 2.05) is 0 Å². The standard InChI is InChI=1S/C14H23N3S2/c1-11-9-17(12-4-2-3-5-12)14(16-11)15-8-13-10-18-6-7-19-13/h9,12-13H,2-8,10H2,1H3,(H,15,16). The smallest absolute Gasteiger partial charge is 0.203 e. The van der Waals surface area contributed by atoms with Crippen LogP contribution in [0.3, 0.4) is 0 Å². The van der Waals surface area contributed by atoms with Crippen molar-refractivity contribution in [3.8, 4) is 0 Å². The first-order chi connectivity index (χ1) is 9.33. The molecular formula is C14H23N3S2. The summed E-state index contributed by atoms with van der Waals surface area (Å²) in [7, 11) is 0. The molecule has 3 rings (SSSR count). The molecule has 0 spiro atoms. The Hall–Kier alpha value is -0.290. The second-order valence-electron chi connectivity index (χ2n) is 5.50. The first kappa shape index (κ1) is 13.7. The van der Waals surface area contributed by atoms with Crippen molar-refractivity contribution >= 4 is 29.5 Å². The van der Waals surface area contributed by atoms with Gasteiger partial charge in [0.2, 0.25) is 5.95 Å². The van der Waals surface area contributed by atoms with E-state index in [4.69, 9.17) is 0 Å². The van der Waals surface area contributed by atoms with Crippen LogP contribution in [0.25, 0.3) is 0 Å². The molecule has 1 aliphatic heterocycles. The Bertz CT molecular complexity index is 407. The van der Waals surface area contributed by atoms with Crippen molar-refractivity contribution in [2.24, 2.45) is 0 Å². The third-order valence-electron chi connectivity index (χ3n) is 3.94. The predicted molar refractivity (Wildman–Crippen MR) is 86.5 cm³/mol. The number of anilines is 1. The molecule has 1 N–H and O–H groups in total. The zero-order valence-electron chi connectivity index (χ0n) is 11.6. The van der Waals surface area contributed by atoms with E-state index in [1.165, 1.54) is 42.9 Å². The Morgan fingerprint density at radius 3 is 2.95 bits per heavy atom. The molecule has 1 atom stereocenters. The summed E-state index contributed by atoms with van der Waals surface area (Å²) in [5.41, 5.74) is 1.14. The number of hydrogen-bond donors (Lipinski definition) is 1. The van der Waals surface area contributed by atoms with E-state index in [1.54, 1.807) is 0 Å². The molecule has 1 aliphatic carbocycles. The summed E-state index contributed by atoms with van der Waals surface area (Å²) < 4.78 is 2.39. The number of nitrogens with zero attached hydrogens (tertiary/aromatic N) is 2. The quantitative estimate of drug-likeness (QED) is 0.920. The Morgan fingerprint density at radius 2 is 2.21 bits per heavy atom. The fraction of sp³-hybridized carbons (Fsp3) is 0.786. The Kier molecular flexibility index (Phi) is 4.64. The molecule has 0 bridgehead atoms. The van der Waals surface area contributed by atoms with Gasteiger partial charge in [-0.05, 0) is 19.8 Å². The van der Waals surface area contributed by atoms with Crippen LogP contribution in [0.1, 0.15) is 37.4 Å². The van der Waals surface area contributed by atoms with E-state index in [0.717, 1.165) is 23.4 Å². The molecule has 5 heteroatoms. The van der Waals surface area contributed by atoms with Gasteiger partial charge in [0.05, 0.1) is 5.69 Å². The highest BCUT2D eigenvalue weighted by atomic mass is 32.2. The van der Waals surface area contributed by atoms with Crippen LogP contribution in [-0.2, 0) is 0 Å². The largest absolute Gasteiger partial charge is 0.354 e. The van der Waals surface area contributed by atoms with Gasteiger partial charge in [-0.15, -0.1) is 0 Å². The van der Waals surface area contributed by atoms with E-state index in [0.29, 0.717) is 6.04 Å². The van der Waals surface area contributed by atoms with Crippen LogP contribution in [0, 0.1) is 6.92 Å². The number of aryl methyl sites for hydroxylation is 1. The zero-order valence-corrected chi connectivity index (χ0v) is 13.2. The lowest BCUT2D eigenvalue weighted by Gasteiger charge is -2.22. The molecule has 106 valence electrons. The fourth-order valence-electron chi connectivity index (χ4n) is 2.97. The number of hydrogen-bond acceptors (Lipinski definition) is 4. The Labute approximate surface area is 124 Å². The van der Waals surface area contributed by atoms with Crippen LogP contribution in [0.5, 0.6) is 0 Å². The summed E-state index contributed by atoms with van der Waals surface area (Å²) in [6, 6.07) is 0.678. The molecule has 1 unspecified atom stereocenters. The number of rotatable bonds is 4. The molecule has 1 saturated carbocycles. The van der Waals surface area contributed by atoms with Gasteiger partial charge in [0, 0.05) is 41.3 Å². The molecule has 0 radical (unpaired) electrons. The number of nitrogens with one attached hydrogen (secondary N) is 1. The minimum atomic E-state index is 0.678. The molecule has 2 aliphatic rings. The van der Waals surface area contributed by atoms with Gasteiger partial charge >= 0.3 is 0 Å². The summed E-state index contributed by atoms with van der Waals surface area (Å²) >= 11 is 4.19. The summed E-state index contributed by atoms with van der Waals surface area (Å²) in [5, 5.41) is 4.34. The summed E-state index contributed by atoms with van der Waals surface area (Å²) in [6.45, 7) is 3.16. The van der Waals surface area contributed by atoms with Gasteiger partial charge in [-0.2, -0.15) is 23.5 Å². The van der Waals surface area contributed by atoms with E-state index in [-0.39, 0.29) is 0 Å². The highest BCUT2D eigenvalue weighted by Gasteiger charge is 2.21. The average molecular weight is 297 g/mol.